The van der Waals surface area contributed by atoms with E-state index in [4.69, 9.17) is 0 Å². The number of sulfonamides is 1. The van der Waals surface area contributed by atoms with Crippen LogP contribution in [0.4, 0.5) is 0 Å². The van der Waals surface area contributed by atoms with Crippen LogP contribution in [0.1, 0.15) is 32.6 Å². The molecule has 0 unspecified atom stereocenters. The lowest BCUT2D eigenvalue weighted by atomic mass is 10.0. The summed E-state index contributed by atoms with van der Waals surface area (Å²) in [5, 5.41) is 0. The smallest absolute Gasteiger partial charge is 0.266 e. The molecule has 1 saturated heterocycles. The fraction of sp³-hybridized carbons (Fsp3) is 0.500. The Bertz CT molecular complexity index is 539. The topological polar surface area (TPSA) is 54.5 Å². The molecule has 0 N–H and O–H groups in total. The Morgan fingerprint density at radius 3 is 2.58 bits per heavy atom. The normalized spacial score (nSPS) is 19.9. The summed E-state index contributed by atoms with van der Waals surface area (Å²) in [4.78, 5) is 12.4. The molecular formula is C14H19NO3S. The van der Waals surface area contributed by atoms with E-state index in [0.717, 1.165) is 23.6 Å². The molecule has 104 valence electrons. The molecule has 0 aliphatic carbocycles. The maximum atomic E-state index is 12.4. The summed E-state index contributed by atoms with van der Waals surface area (Å²) in [5.41, 5.74) is 0. The second kappa shape index (κ2) is 5.74. The van der Waals surface area contributed by atoms with Crippen LogP contribution in [0, 0.1) is 5.92 Å². The summed E-state index contributed by atoms with van der Waals surface area (Å²) >= 11 is 0. The predicted octanol–water partition coefficient (Wildman–Crippen LogP) is 2.41. The highest BCUT2D eigenvalue weighted by Gasteiger charge is 2.38. The van der Waals surface area contributed by atoms with Gasteiger partial charge in [0.2, 0.25) is 5.91 Å². The molecule has 4 nitrogen and oxygen atoms in total. The number of rotatable bonds is 5. The average Bonchev–Trinajstić information content (AvgIpc) is 2.79. The van der Waals surface area contributed by atoms with E-state index in [2.05, 4.69) is 6.92 Å². The van der Waals surface area contributed by atoms with Gasteiger partial charge in [0.15, 0.2) is 0 Å². The summed E-state index contributed by atoms with van der Waals surface area (Å²) in [6.45, 7) is 2.38. The third-order valence-electron chi connectivity index (χ3n) is 3.51. The standard InChI is InChI=1S/C14H19NO3S/c1-2-3-7-12-10-11-15(14(12)16)19(17,18)13-8-5-4-6-9-13/h4-6,8-9,12H,2-3,7,10-11H2,1H3/t12-/m1/s1. The Balaban J connectivity index is 2.17. The largest absolute Gasteiger partial charge is 0.273 e. The Hall–Kier alpha value is -1.36. The van der Waals surface area contributed by atoms with Gasteiger partial charge in [-0.2, -0.15) is 0 Å². The maximum absolute atomic E-state index is 12.4. The number of amides is 1. The highest BCUT2D eigenvalue weighted by molar-refractivity contribution is 7.89. The van der Waals surface area contributed by atoms with E-state index in [1.165, 1.54) is 12.1 Å². The van der Waals surface area contributed by atoms with Crippen molar-refractivity contribution in [1.29, 1.82) is 0 Å². The van der Waals surface area contributed by atoms with Crippen LogP contribution in [0.5, 0.6) is 0 Å². The first kappa shape index (κ1) is 14.1. The number of hydrogen-bond donors (Lipinski definition) is 0. The Kier molecular flexibility index (Phi) is 4.24. The van der Waals surface area contributed by atoms with Crippen molar-refractivity contribution in [3.05, 3.63) is 30.3 Å². The highest BCUT2D eigenvalue weighted by Crippen LogP contribution is 2.28. The molecule has 1 aliphatic heterocycles. The SMILES string of the molecule is CCCC[C@@H]1CCN(S(=O)(=O)c2ccccc2)C1=O. The summed E-state index contributed by atoms with van der Waals surface area (Å²) in [6.07, 6.45) is 3.42. The van der Waals surface area contributed by atoms with Crippen LogP contribution in [-0.4, -0.2) is 25.2 Å². The first-order valence-corrected chi connectivity index (χ1v) is 8.13. The molecule has 19 heavy (non-hydrogen) atoms. The Labute approximate surface area is 114 Å². The molecule has 1 aromatic carbocycles. The molecule has 1 aromatic rings. The van der Waals surface area contributed by atoms with Gasteiger partial charge in [0.1, 0.15) is 0 Å². The van der Waals surface area contributed by atoms with Gasteiger partial charge in [0.25, 0.3) is 10.0 Å². The van der Waals surface area contributed by atoms with Gasteiger partial charge in [-0.05, 0) is 25.0 Å². The molecule has 0 bridgehead atoms. The minimum atomic E-state index is -3.66. The van der Waals surface area contributed by atoms with Gasteiger partial charge >= 0.3 is 0 Å². The van der Waals surface area contributed by atoms with Crippen LogP contribution in [0.25, 0.3) is 0 Å². The first-order valence-electron chi connectivity index (χ1n) is 6.69. The van der Waals surface area contributed by atoms with E-state index in [0.29, 0.717) is 13.0 Å². The average molecular weight is 281 g/mol. The molecule has 1 aliphatic rings. The lowest BCUT2D eigenvalue weighted by Crippen LogP contribution is -2.33. The number of carbonyl (C=O) groups excluding carboxylic acids is 1. The van der Waals surface area contributed by atoms with E-state index in [-0.39, 0.29) is 16.7 Å². The van der Waals surface area contributed by atoms with E-state index in [9.17, 15) is 13.2 Å². The quantitative estimate of drug-likeness (QED) is 0.833. The van der Waals surface area contributed by atoms with E-state index < -0.39 is 10.0 Å². The van der Waals surface area contributed by atoms with Gasteiger partial charge in [-0.3, -0.25) is 4.79 Å². The zero-order chi connectivity index (χ0) is 13.9. The van der Waals surface area contributed by atoms with Crippen molar-refractivity contribution < 1.29 is 13.2 Å². The summed E-state index contributed by atoms with van der Waals surface area (Å²) in [7, 11) is -3.66. The van der Waals surface area contributed by atoms with Gasteiger partial charge in [-0.25, -0.2) is 12.7 Å². The molecule has 0 saturated carbocycles. The van der Waals surface area contributed by atoms with E-state index in [1.807, 2.05) is 0 Å². The number of carbonyl (C=O) groups is 1. The molecule has 0 aromatic heterocycles. The van der Waals surface area contributed by atoms with Crippen molar-refractivity contribution >= 4 is 15.9 Å². The zero-order valence-corrected chi connectivity index (χ0v) is 11.9. The molecular weight excluding hydrogens is 262 g/mol. The van der Waals surface area contributed by atoms with Crippen LogP contribution in [0.15, 0.2) is 35.2 Å². The second-order valence-electron chi connectivity index (χ2n) is 4.86. The van der Waals surface area contributed by atoms with E-state index in [1.54, 1.807) is 18.2 Å². The number of unbranched alkanes of at least 4 members (excludes halogenated alkanes) is 1. The van der Waals surface area contributed by atoms with E-state index >= 15 is 0 Å². The summed E-state index contributed by atoms with van der Waals surface area (Å²) in [6, 6.07) is 8.16. The fourth-order valence-electron chi connectivity index (χ4n) is 2.39. The molecule has 5 heteroatoms. The number of hydrogen-bond acceptors (Lipinski definition) is 3. The highest BCUT2D eigenvalue weighted by atomic mass is 32.2. The molecule has 0 radical (unpaired) electrons. The Morgan fingerprint density at radius 2 is 1.95 bits per heavy atom. The van der Waals surface area contributed by atoms with Crippen LogP contribution < -0.4 is 0 Å². The van der Waals surface area contributed by atoms with Gasteiger partial charge in [-0.1, -0.05) is 38.0 Å². The van der Waals surface area contributed by atoms with Gasteiger partial charge in [-0.15, -0.1) is 0 Å². The van der Waals surface area contributed by atoms with Crippen molar-refractivity contribution in [1.82, 2.24) is 4.31 Å². The van der Waals surface area contributed by atoms with Gasteiger partial charge in [0, 0.05) is 12.5 Å². The third-order valence-corrected chi connectivity index (χ3v) is 5.32. The maximum Gasteiger partial charge on any atom is 0.266 e. The lowest BCUT2D eigenvalue weighted by molar-refractivity contribution is -0.127. The van der Waals surface area contributed by atoms with Crippen molar-refractivity contribution in [2.75, 3.05) is 6.54 Å². The molecule has 1 fully saturated rings. The van der Waals surface area contributed by atoms with Crippen molar-refractivity contribution in [2.24, 2.45) is 5.92 Å². The monoisotopic (exact) mass is 281 g/mol. The molecule has 1 amide bonds. The van der Waals surface area contributed by atoms with Crippen LogP contribution in [-0.2, 0) is 14.8 Å². The first-order chi connectivity index (χ1) is 9.07. The third kappa shape index (κ3) is 2.81. The number of benzene rings is 1. The minimum Gasteiger partial charge on any atom is -0.273 e. The fourth-order valence-corrected chi connectivity index (χ4v) is 3.87. The number of nitrogens with zero attached hydrogens (tertiary/aromatic N) is 1. The Morgan fingerprint density at radius 1 is 1.26 bits per heavy atom. The lowest BCUT2D eigenvalue weighted by Gasteiger charge is -2.17. The molecule has 2 rings (SSSR count). The molecule has 0 spiro atoms. The van der Waals surface area contributed by atoms with Crippen LogP contribution in [0.3, 0.4) is 0 Å². The molecule has 1 heterocycles. The second-order valence-corrected chi connectivity index (χ2v) is 6.72. The summed E-state index contributed by atoms with van der Waals surface area (Å²) in [5.74, 6) is -0.365. The van der Waals surface area contributed by atoms with Crippen molar-refractivity contribution in [3.8, 4) is 0 Å². The van der Waals surface area contributed by atoms with Crippen molar-refractivity contribution in [2.45, 2.75) is 37.5 Å². The summed E-state index contributed by atoms with van der Waals surface area (Å²) < 4.78 is 25.8. The van der Waals surface area contributed by atoms with Gasteiger partial charge in [0.05, 0.1) is 4.90 Å². The zero-order valence-electron chi connectivity index (χ0n) is 11.1. The van der Waals surface area contributed by atoms with Gasteiger partial charge < -0.3 is 0 Å². The van der Waals surface area contributed by atoms with Crippen LogP contribution in [0.2, 0.25) is 0 Å². The molecule has 1 atom stereocenters. The predicted molar refractivity (Wildman–Crippen MR) is 73.0 cm³/mol. The van der Waals surface area contributed by atoms with Crippen molar-refractivity contribution in [3.63, 3.8) is 0 Å². The van der Waals surface area contributed by atoms with Crippen LogP contribution >= 0.6 is 0 Å². The minimum absolute atomic E-state index is 0.126.